The SMILES string of the molecule is C=CC=Nc1cc(C2CC(c3cccs3)=CN2C(=O)c2ccccc2)ccc1C=C. The second-order valence-corrected chi connectivity index (χ2v) is 7.91. The van der Waals surface area contributed by atoms with Crippen molar-refractivity contribution >= 4 is 40.8 Å². The van der Waals surface area contributed by atoms with Crippen LogP contribution in [0.4, 0.5) is 5.69 Å². The van der Waals surface area contributed by atoms with E-state index in [9.17, 15) is 4.79 Å². The fraction of sp³-hybridized carbons (Fsp3) is 0.0769. The van der Waals surface area contributed by atoms with Crippen LogP contribution in [0.15, 0.2) is 96.5 Å². The molecule has 0 aliphatic carbocycles. The summed E-state index contributed by atoms with van der Waals surface area (Å²) in [7, 11) is 0. The van der Waals surface area contributed by atoms with E-state index < -0.39 is 0 Å². The van der Waals surface area contributed by atoms with Crippen LogP contribution in [0.5, 0.6) is 0 Å². The molecule has 0 fully saturated rings. The number of amides is 1. The molecule has 4 rings (SSSR count). The summed E-state index contributed by atoms with van der Waals surface area (Å²) in [6, 6.07) is 19.6. The zero-order chi connectivity index (χ0) is 20.9. The maximum Gasteiger partial charge on any atom is 0.258 e. The molecule has 1 amide bonds. The number of benzene rings is 2. The lowest BCUT2D eigenvalue weighted by Gasteiger charge is -2.25. The Bertz CT molecular complexity index is 1130. The number of hydrogen-bond acceptors (Lipinski definition) is 3. The highest BCUT2D eigenvalue weighted by Crippen LogP contribution is 2.42. The van der Waals surface area contributed by atoms with Crippen molar-refractivity contribution in [2.45, 2.75) is 12.5 Å². The normalized spacial score (nSPS) is 15.9. The Kier molecular flexibility index (Phi) is 5.87. The number of carbonyl (C=O) groups excluding carboxylic acids is 1. The highest BCUT2D eigenvalue weighted by atomic mass is 32.1. The molecule has 2 aromatic carbocycles. The number of aliphatic imine (C=N–C) groups is 1. The lowest BCUT2D eigenvalue weighted by Crippen LogP contribution is -2.27. The molecule has 1 atom stereocenters. The Morgan fingerprint density at radius 3 is 2.63 bits per heavy atom. The topological polar surface area (TPSA) is 32.7 Å². The molecule has 1 aromatic heterocycles. The van der Waals surface area contributed by atoms with Gasteiger partial charge in [0.05, 0.1) is 11.7 Å². The Balaban J connectivity index is 1.75. The summed E-state index contributed by atoms with van der Waals surface area (Å²) in [5.41, 5.74) is 4.66. The highest BCUT2D eigenvalue weighted by Gasteiger charge is 2.32. The van der Waals surface area contributed by atoms with E-state index in [-0.39, 0.29) is 11.9 Å². The van der Waals surface area contributed by atoms with Crippen molar-refractivity contribution in [1.29, 1.82) is 0 Å². The third kappa shape index (κ3) is 3.95. The first kappa shape index (κ1) is 19.8. The minimum Gasteiger partial charge on any atom is -0.307 e. The molecular formula is C26H22N2OS. The first-order valence-electron chi connectivity index (χ1n) is 9.75. The minimum atomic E-state index is -0.0913. The molecule has 0 spiro atoms. The lowest BCUT2D eigenvalue weighted by atomic mass is 9.98. The van der Waals surface area contributed by atoms with E-state index in [4.69, 9.17) is 0 Å². The molecule has 0 saturated carbocycles. The van der Waals surface area contributed by atoms with Crippen LogP contribution >= 0.6 is 11.3 Å². The maximum absolute atomic E-state index is 13.4. The van der Waals surface area contributed by atoms with E-state index in [1.54, 1.807) is 29.7 Å². The molecule has 2 heterocycles. The second-order valence-electron chi connectivity index (χ2n) is 6.97. The molecule has 0 N–H and O–H groups in total. The van der Waals surface area contributed by atoms with Crippen LogP contribution in [0.2, 0.25) is 0 Å². The van der Waals surface area contributed by atoms with Gasteiger partial charge in [-0.15, -0.1) is 11.3 Å². The summed E-state index contributed by atoms with van der Waals surface area (Å²) in [6.45, 7) is 7.59. The Morgan fingerprint density at radius 1 is 1.10 bits per heavy atom. The molecule has 1 aliphatic rings. The van der Waals surface area contributed by atoms with Crippen molar-refractivity contribution in [1.82, 2.24) is 4.90 Å². The van der Waals surface area contributed by atoms with Crippen LogP contribution in [0.3, 0.4) is 0 Å². The molecule has 30 heavy (non-hydrogen) atoms. The quantitative estimate of drug-likeness (QED) is 0.407. The molecule has 4 heteroatoms. The summed E-state index contributed by atoms with van der Waals surface area (Å²) in [6.07, 6.45) is 7.87. The standard InChI is InChI=1S/C26H22N2OS/c1-3-14-27-23-16-21(13-12-19(23)4-2)24-17-22(25-11-8-15-30-25)18-28(24)26(29)20-9-6-5-7-10-20/h3-16,18,24H,1-2,17H2. The number of carbonyl (C=O) groups is 1. The predicted molar refractivity (Wildman–Crippen MR) is 127 cm³/mol. The van der Waals surface area contributed by atoms with Crippen LogP contribution in [0.1, 0.15) is 38.8 Å². The summed E-state index contributed by atoms with van der Waals surface area (Å²) in [5, 5.41) is 2.06. The lowest BCUT2D eigenvalue weighted by molar-refractivity contribution is 0.0784. The van der Waals surface area contributed by atoms with E-state index in [2.05, 4.69) is 35.7 Å². The van der Waals surface area contributed by atoms with E-state index in [1.807, 2.05) is 59.6 Å². The highest BCUT2D eigenvalue weighted by molar-refractivity contribution is 7.11. The third-order valence-corrected chi connectivity index (χ3v) is 6.06. The first-order chi connectivity index (χ1) is 14.7. The first-order valence-corrected chi connectivity index (χ1v) is 10.6. The van der Waals surface area contributed by atoms with Gasteiger partial charge < -0.3 is 4.90 Å². The number of hydrogen-bond donors (Lipinski definition) is 0. The van der Waals surface area contributed by atoms with Crippen LogP contribution < -0.4 is 0 Å². The van der Waals surface area contributed by atoms with E-state index in [1.165, 1.54) is 10.5 Å². The van der Waals surface area contributed by atoms with E-state index in [0.29, 0.717) is 5.56 Å². The van der Waals surface area contributed by atoms with Crippen molar-refractivity contribution in [3.05, 3.63) is 113 Å². The molecule has 3 nitrogen and oxygen atoms in total. The van der Waals surface area contributed by atoms with Crippen molar-refractivity contribution in [3.63, 3.8) is 0 Å². The maximum atomic E-state index is 13.4. The summed E-state index contributed by atoms with van der Waals surface area (Å²) in [4.78, 5) is 20.9. The van der Waals surface area contributed by atoms with E-state index >= 15 is 0 Å². The Morgan fingerprint density at radius 2 is 1.93 bits per heavy atom. The van der Waals surface area contributed by atoms with Crippen LogP contribution in [-0.4, -0.2) is 17.0 Å². The fourth-order valence-electron chi connectivity index (χ4n) is 3.64. The van der Waals surface area contributed by atoms with Gasteiger partial charge in [-0.1, -0.05) is 61.7 Å². The van der Waals surface area contributed by atoms with Crippen LogP contribution in [0, 0.1) is 0 Å². The van der Waals surface area contributed by atoms with Crippen molar-refractivity contribution in [2.24, 2.45) is 4.99 Å². The van der Waals surface area contributed by atoms with Crippen molar-refractivity contribution in [2.75, 3.05) is 0 Å². The summed E-state index contributed by atoms with van der Waals surface area (Å²) < 4.78 is 0. The number of rotatable bonds is 6. The van der Waals surface area contributed by atoms with Crippen LogP contribution in [-0.2, 0) is 0 Å². The Labute approximate surface area is 181 Å². The Hall–Kier alpha value is -3.50. The van der Waals surface area contributed by atoms with Gasteiger partial charge in [-0.25, -0.2) is 0 Å². The zero-order valence-corrected chi connectivity index (χ0v) is 17.4. The fourth-order valence-corrected chi connectivity index (χ4v) is 4.38. The summed E-state index contributed by atoms with van der Waals surface area (Å²) >= 11 is 1.69. The molecular weight excluding hydrogens is 388 g/mol. The number of allylic oxidation sites excluding steroid dienone is 1. The van der Waals surface area contributed by atoms with Crippen LogP contribution in [0.25, 0.3) is 11.6 Å². The van der Waals surface area contributed by atoms with Gasteiger partial charge in [-0.3, -0.25) is 9.79 Å². The van der Waals surface area contributed by atoms with Gasteiger partial charge in [0.2, 0.25) is 0 Å². The largest absolute Gasteiger partial charge is 0.307 e. The van der Waals surface area contributed by atoms with Gasteiger partial charge >= 0.3 is 0 Å². The second kappa shape index (κ2) is 8.89. The average Bonchev–Trinajstić information content (AvgIpc) is 3.47. The van der Waals surface area contributed by atoms with Gasteiger partial charge in [0, 0.05) is 29.3 Å². The predicted octanol–water partition coefficient (Wildman–Crippen LogP) is 6.91. The molecule has 0 bridgehead atoms. The molecule has 1 aliphatic heterocycles. The molecule has 148 valence electrons. The van der Waals surface area contributed by atoms with Crippen molar-refractivity contribution < 1.29 is 4.79 Å². The molecule has 0 radical (unpaired) electrons. The monoisotopic (exact) mass is 410 g/mol. The van der Waals surface area contributed by atoms with Gasteiger partial charge in [-0.05, 0) is 46.3 Å². The van der Waals surface area contributed by atoms with Gasteiger partial charge in [0.1, 0.15) is 0 Å². The van der Waals surface area contributed by atoms with Gasteiger partial charge in [0.25, 0.3) is 5.91 Å². The van der Waals surface area contributed by atoms with Crippen molar-refractivity contribution in [3.8, 4) is 0 Å². The third-order valence-electron chi connectivity index (χ3n) is 5.12. The number of thiophene rings is 1. The minimum absolute atomic E-state index is 0.00361. The number of nitrogens with zero attached hydrogens (tertiary/aromatic N) is 2. The zero-order valence-electron chi connectivity index (χ0n) is 16.6. The van der Waals surface area contributed by atoms with Gasteiger partial charge in [-0.2, -0.15) is 0 Å². The van der Waals surface area contributed by atoms with Gasteiger partial charge in [0.15, 0.2) is 0 Å². The average molecular weight is 411 g/mol. The van der Waals surface area contributed by atoms with E-state index in [0.717, 1.165) is 23.2 Å². The smallest absolute Gasteiger partial charge is 0.258 e. The molecule has 3 aromatic rings. The molecule has 0 saturated heterocycles. The molecule has 1 unspecified atom stereocenters. The summed E-state index contributed by atoms with van der Waals surface area (Å²) in [5.74, 6) is -0.00361.